The smallest absolute Gasteiger partial charge is 0.339 e. The Morgan fingerprint density at radius 1 is 1.29 bits per heavy atom. The Morgan fingerprint density at radius 3 is 2.59 bits per heavy atom. The largest absolute Gasteiger partial charge is 0.465 e. The van der Waals surface area contributed by atoms with Gasteiger partial charge in [-0.1, -0.05) is 19.1 Å². The van der Waals surface area contributed by atoms with Crippen LogP contribution in [0.15, 0.2) is 24.3 Å². The number of para-hydroxylation sites is 1. The lowest BCUT2D eigenvalue weighted by Gasteiger charge is -2.33. The number of benzene rings is 1. The zero-order valence-corrected chi connectivity index (χ0v) is 10.5. The third kappa shape index (κ3) is 2.60. The zero-order valence-electron chi connectivity index (χ0n) is 10.5. The van der Waals surface area contributed by atoms with E-state index in [0.717, 1.165) is 24.7 Å². The molecule has 0 aromatic heterocycles. The average molecular weight is 233 g/mol. The molecule has 0 saturated carbocycles. The van der Waals surface area contributed by atoms with Crippen molar-refractivity contribution in [2.24, 2.45) is 5.92 Å². The molecule has 92 valence electrons. The third-order valence-corrected chi connectivity index (χ3v) is 3.43. The maximum Gasteiger partial charge on any atom is 0.339 e. The van der Waals surface area contributed by atoms with Gasteiger partial charge < -0.3 is 9.64 Å². The van der Waals surface area contributed by atoms with Crippen LogP contribution >= 0.6 is 0 Å². The topological polar surface area (TPSA) is 29.5 Å². The van der Waals surface area contributed by atoms with Crippen molar-refractivity contribution in [2.45, 2.75) is 19.8 Å². The van der Waals surface area contributed by atoms with Crippen LogP contribution in [0, 0.1) is 5.92 Å². The quantitative estimate of drug-likeness (QED) is 0.736. The van der Waals surface area contributed by atoms with E-state index in [1.807, 2.05) is 24.3 Å². The molecule has 1 fully saturated rings. The van der Waals surface area contributed by atoms with Crippen LogP contribution in [0.25, 0.3) is 0 Å². The summed E-state index contributed by atoms with van der Waals surface area (Å²) in [5, 5.41) is 0. The molecule has 1 saturated heterocycles. The second kappa shape index (κ2) is 5.21. The molecule has 2 rings (SSSR count). The molecule has 1 aromatic rings. The molecule has 17 heavy (non-hydrogen) atoms. The number of ether oxygens (including phenoxy) is 1. The molecular weight excluding hydrogens is 214 g/mol. The molecule has 0 bridgehead atoms. The number of methoxy groups -OCH3 is 1. The van der Waals surface area contributed by atoms with E-state index < -0.39 is 0 Å². The number of anilines is 1. The van der Waals surface area contributed by atoms with Gasteiger partial charge in [0.2, 0.25) is 0 Å². The number of piperidine rings is 1. The maximum absolute atomic E-state index is 11.7. The highest BCUT2D eigenvalue weighted by molar-refractivity contribution is 5.95. The fraction of sp³-hybridized carbons (Fsp3) is 0.500. The number of rotatable bonds is 2. The number of carbonyl (C=O) groups is 1. The first-order valence-electron chi connectivity index (χ1n) is 6.14. The van der Waals surface area contributed by atoms with Crippen molar-refractivity contribution in [3.05, 3.63) is 29.8 Å². The van der Waals surface area contributed by atoms with Crippen LogP contribution in [0.3, 0.4) is 0 Å². The van der Waals surface area contributed by atoms with E-state index in [1.54, 1.807) is 0 Å². The summed E-state index contributed by atoms with van der Waals surface area (Å²) < 4.78 is 4.82. The zero-order chi connectivity index (χ0) is 12.3. The van der Waals surface area contributed by atoms with E-state index in [1.165, 1.54) is 20.0 Å². The molecule has 1 aliphatic heterocycles. The summed E-state index contributed by atoms with van der Waals surface area (Å²) in [5.74, 6) is 0.538. The van der Waals surface area contributed by atoms with Gasteiger partial charge in [0.25, 0.3) is 0 Å². The van der Waals surface area contributed by atoms with Gasteiger partial charge in [0, 0.05) is 13.1 Å². The molecule has 0 spiro atoms. The van der Waals surface area contributed by atoms with Gasteiger partial charge in [0.1, 0.15) is 0 Å². The van der Waals surface area contributed by atoms with Crippen LogP contribution in [0.1, 0.15) is 30.1 Å². The van der Waals surface area contributed by atoms with Gasteiger partial charge in [-0.15, -0.1) is 0 Å². The van der Waals surface area contributed by atoms with Crippen molar-refractivity contribution in [1.29, 1.82) is 0 Å². The molecule has 0 atom stereocenters. The Morgan fingerprint density at radius 2 is 1.94 bits per heavy atom. The van der Waals surface area contributed by atoms with E-state index in [4.69, 9.17) is 4.74 Å². The lowest BCUT2D eigenvalue weighted by atomic mass is 9.98. The van der Waals surface area contributed by atoms with Gasteiger partial charge in [-0.2, -0.15) is 0 Å². The van der Waals surface area contributed by atoms with Gasteiger partial charge in [-0.05, 0) is 30.9 Å². The van der Waals surface area contributed by atoms with Gasteiger partial charge in [0.05, 0.1) is 18.4 Å². The molecule has 0 unspecified atom stereocenters. The molecule has 0 N–H and O–H groups in total. The fourth-order valence-corrected chi connectivity index (χ4v) is 2.28. The van der Waals surface area contributed by atoms with Crippen LogP contribution in [-0.2, 0) is 4.74 Å². The average Bonchev–Trinajstić information content (AvgIpc) is 2.39. The highest BCUT2D eigenvalue weighted by atomic mass is 16.5. The summed E-state index contributed by atoms with van der Waals surface area (Å²) in [6.07, 6.45) is 2.38. The highest BCUT2D eigenvalue weighted by Gasteiger charge is 2.20. The van der Waals surface area contributed by atoms with Crippen molar-refractivity contribution in [3.63, 3.8) is 0 Å². The first kappa shape index (κ1) is 12.0. The van der Waals surface area contributed by atoms with E-state index >= 15 is 0 Å². The van der Waals surface area contributed by atoms with Crippen molar-refractivity contribution in [2.75, 3.05) is 25.1 Å². The summed E-state index contributed by atoms with van der Waals surface area (Å²) in [7, 11) is 1.43. The Balaban J connectivity index is 2.23. The Kier molecular flexibility index (Phi) is 3.67. The predicted molar refractivity (Wildman–Crippen MR) is 68.4 cm³/mol. The van der Waals surface area contributed by atoms with Crippen molar-refractivity contribution >= 4 is 11.7 Å². The Labute approximate surface area is 102 Å². The van der Waals surface area contributed by atoms with E-state index in [2.05, 4.69) is 11.8 Å². The minimum atomic E-state index is -0.251. The summed E-state index contributed by atoms with van der Waals surface area (Å²) in [4.78, 5) is 14.0. The number of hydrogen-bond acceptors (Lipinski definition) is 3. The van der Waals surface area contributed by atoms with Gasteiger partial charge in [-0.25, -0.2) is 4.79 Å². The molecule has 3 nitrogen and oxygen atoms in total. The van der Waals surface area contributed by atoms with Crippen molar-refractivity contribution in [3.8, 4) is 0 Å². The Bertz CT molecular complexity index is 395. The summed E-state index contributed by atoms with van der Waals surface area (Å²) in [5.41, 5.74) is 1.68. The first-order valence-corrected chi connectivity index (χ1v) is 6.14. The van der Waals surface area contributed by atoms with E-state index in [9.17, 15) is 4.79 Å². The van der Waals surface area contributed by atoms with Crippen LogP contribution in [0.4, 0.5) is 5.69 Å². The molecule has 0 aliphatic carbocycles. The normalized spacial score (nSPS) is 16.9. The van der Waals surface area contributed by atoms with Crippen LogP contribution in [0.5, 0.6) is 0 Å². The lowest BCUT2D eigenvalue weighted by Crippen LogP contribution is -2.33. The standard InChI is InChI=1S/C14H19NO2/c1-11-7-9-15(10-8-11)13-6-4-3-5-12(13)14(16)17-2/h3-6,11H,7-10H2,1-2H3. The number of esters is 1. The van der Waals surface area contributed by atoms with Crippen LogP contribution in [0.2, 0.25) is 0 Å². The fourth-order valence-electron chi connectivity index (χ4n) is 2.28. The van der Waals surface area contributed by atoms with Crippen LogP contribution in [-0.4, -0.2) is 26.2 Å². The SMILES string of the molecule is COC(=O)c1ccccc1N1CCC(C)CC1. The molecule has 1 aromatic carbocycles. The number of hydrogen-bond donors (Lipinski definition) is 0. The maximum atomic E-state index is 11.7. The number of nitrogens with zero attached hydrogens (tertiary/aromatic N) is 1. The van der Waals surface area contributed by atoms with Crippen LogP contribution < -0.4 is 4.90 Å². The Hall–Kier alpha value is -1.51. The minimum absolute atomic E-state index is 0.251. The molecule has 0 amide bonds. The molecule has 1 aliphatic rings. The minimum Gasteiger partial charge on any atom is -0.465 e. The second-order valence-electron chi connectivity index (χ2n) is 4.68. The lowest BCUT2D eigenvalue weighted by molar-refractivity contribution is 0.0601. The van der Waals surface area contributed by atoms with Crippen molar-refractivity contribution in [1.82, 2.24) is 0 Å². The summed E-state index contributed by atoms with van der Waals surface area (Å²) >= 11 is 0. The molecular formula is C14H19NO2. The predicted octanol–water partition coefficient (Wildman–Crippen LogP) is 2.71. The second-order valence-corrected chi connectivity index (χ2v) is 4.68. The van der Waals surface area contributed by atoms with Gasteiger partial charge in [0.15, 0.2) is 0 Å². The molecule has 3 heteroatoms. The monoisotopic (exact) mass is 233 g/mol. The highest BCUT2D eigenvalue weighted by Crippen LogP contribution is 2.26. The van der Waals surface area contributed by atoms with Crippen molar-refractivity contribution < 1.29 is 9.53 Å². The first-order chi connectivity index (χ1) is 8.22. The molecule has 0 radical (unpaired) electrons. The van der Waals surface area contributed by atoms with E-state index in [0.29, 0.717) is 5.56 Å². The molecule has 1 heterocycles. The van der Waals surface area contributed by atoms with Gasteiger partial charge >= 0.3 is 5.97 Å². The number of carbonyl (C=O) groups excluding carboxylic acids is 1. The summed E-state index contributed by atoms with van der Waals surface area (Å²) in [6.45, 7) is 4.33. The van der Waals surface area contributed by atoms with E-state index in [-0.39, 0.29) is 5.97 Å². The third-order valence-electron chi connectivity index (χ3n) is 3.43. The summed E-state index contributed by atoms with van der Waals surface area (Å²) in [6, 6.07) is 7.68. The van der Waals surface area contributed by atoms with Gasteiger partial charge in [-0.3, -0.25) is 0 Å².